The van der Waals surface area contributed by atoms with E-state index in [9.17, 15) is 0 Å². The van der Waals surface area contributed by atoms with Gasteiger partial charge in [-0.1, -0.05) is 25.1 Å². The molecule has 0 radical (unpaired) electrons. The molecular weight excluding hydrogens is 222 g/mol. The van der Waals surface area contributed by atoms with Crippen molar-refractivity contribution in [3.8, 4) is 5.75 Å². The van der Waals surface area contributed by atoms with Crippen LogP contribution >= 0.6 is 0 Å². The van der Waals surface area contributed by atoms with Gasteiger partial charge >= 0.3 is 0 Å². The van der Waals surface area contributed by atoms with Crippen LogP contribution < -0.4 is 10.1 Å². The molecule has 3 rings (SSSR count). The Labute approximate surface area is 110 Å². The highest BCUT2D eigenvalue weighted by atomic mass is 16.5. The molecule has 1 fully saturated rings. The maximum absolute atomic E-state index is 6.20. The van der Waals surface area contributed by atoms with Crippen LogP contribution in [0.1, 0.15) is 50.7 Å². The summed E-state index contributed by atoms with van der Waals surface area (Å²) >= 11 is 0. The molecule has 18 heavy (non-hydrogen) atoms. The van der Waals surface area contributed by atoms with Gasteiger partial charge in [-0.2, -0.15) is 0 Å². The van der Waals surface area contributed by atoms with E-state index in [1.54, 1.807) is 0 Å². The van der Waals surface area contributed by atoms with Gasteiger partial charge in [-0.15, -0.1) is 0 Å². The summed E-state index contributed by atoms with van der Waals surface area (Å²) in [6.45, 7) is 7.77. The van der Waals surface area contributed by atoms with Crippen LogP contribution in [0.2, 0.25) is 0 Å². The Balaban J connectivity index is 1.97. The highest BCUT2D eigenvalue weighted by Gasteiger charge is 2.36. The molecule has 0 aromatic heterocycles. The van der Waals surface area contributed by atoms with Crippen LogP contribution in [0.15, 0.2) is 18.2 Å². The number of rotatable bonds is 2. The number of hydrogen-bond acceptors (Lipinski definition) is 2. The first kappa shape index (κ1) is 12.0. The van der Waals surface area contributed by atoms with Crippen LogP contribution in [0.3, 0.4) is 0 Å². The first-order valence-corrected chi connectivity index (χ1v) is 7.15. The fourth-order valence-electron chi connectivity index (χ4n) is 3.50. The molecule has 1 aromatic rings. The number of fused-ring (bicyclic) bond motifs is 1. The molecule has 2 atom stereocenters. The summed E-state index contributed by atoms with van der Waals surface area (Å²) in [5, 5.41) is 3.61. The van der Waals surface area contributed by atoms with E-state index in [4.69, 9.17) is 4.74 Å². The Hall–Kier alpha value is -1.02. The smallest absolute Gasteiger partial charge is 0.126 e. The van der Waals surface area contributed by atoms with E-state index in [2.05, 4.69) is 44.3 Å². The lowest BCUT2D eigenvalue weighted by atomic mass is 9.88. The number of para-hydroxylation sites is 1. The normalized spacial score (nSPS) is 29.1. The summed E-state index contributed by atoms with van der Waals surface area (Å²) in [7, 11) is 0. The van der Waals surface area contributed by atoms with Gasteiger partial charge in [0.25, 0.3) is 0 Å². The Morgan fingerprint density at radius 1 is 1.39 bits per heavy atom. The van der Waals surface area contributed by atoms with Gasteiger partial charge < -0.3 is 10.1 Å². The third-order valence-electron chi connectivity index (χ3n) is 4.31. The highest BCUT2D eigenvalue weighted by molar-refractivity contribution is 5.48. The Morgan fingerprint density at radius 3 is 3.00 bits per heavy atom. The van der Waals surface area contributed by atoms with Crippen molar-refractivity contribution >= 4 is 0 Å². The van der Waals surface area contributed by atoms with Gasteiger partial charge in [0.1, 0.15) is 11.4 Å². The maximum atomic E-state index is 6.20. The van der Waals surface area contributed by atoms with E-state index in [-0.39, 0.29) is 5.60 Å². The molecule has 2 aliphatic rings. The van der Waals surface area contributed by atoms with Crippen molar-refractivity contribution in [3.63, 3.8) is 0 Å². The largest absolute Gasteiger partial charge is 0.487 e. The van der Waals surface area contributed by atoms with E-state index in [0.717, 1.165) is 13.0 Å². The van der Waals surface area contributed by atoms with Crippen LogP contribution in [0.5, 0.6) is 5.75 Å². The predicted octanol–water partition coefficient (Wildman–Crippen LogP) is 3.26. The monoisotopic (exact) mass is 245 g/mol. The fourth-order valence-corrected chi connectivity index (χ4v) is 3.50. The standard InChI is InChI=1S/C16H23NO/c1-4-14-12(8-9-17-14)13-7-5-6-11-10-16(2,3)18-15(11)13/h5-7,12,14,17H,4,8-10H2,1-3H3. The van der Waals surface area contributed by atoms with Gasteiger partial charge in [0, 0.05) is 18.4 Å². The molecular formula is C16H23NO. The minimum atomic E-state index is -0.0355. The lowest BCUT2D eigenvalue weighted by Crippen LogP contribution is -2.26. The second kappa shape index (κ2) is 4.27. The number of hydrogen-bond donors (Lipinski definition) is 1. The second-order valence-corrected chi connectivity index (χ2v) is 6.24. The van der Waals surface area contributed by atoms with Gasteiger partial charge in [-0.25, -0.2) is 0 Å². The fraction of sp³-hybridized carbons (Fsp3) is 0.625. The maximum Gasteiger partial charge on any atom is 0.126 e. The molecule has 0 amide bonds. The van der Waals surface area contributed by atoms with Crippen LogP contribution in [-0.4, -0.2) is 18.2 Å². The van der Waals surface area contributed by atoms with Crippen molar-refractivity contribution in [1.82, 2.24) is 5.32 Å². The molecule has 2 nitrogen and oxygen atoms in total. The van der Waals surface area contributed by atoms with Crippen LogP contribution in [0, 0.1) is 0 Å². The lowest BCUT2D eigenvalue weighted by Gasteiger charge is -2.23. The minimum Gasteiger partial charge on any atom is -0.487 e. The van der Waals surface area contributed by atoms with E-state index >= 15 is 0 Å². The van der Waals surface area contributed by atoms with Crippen molar-refractivity contribution < 1.29 is 4.74 Å². The quantitative estimate of drug-likeness (QED) is 0.863. The zero-order valence-corrected chi connectivity index (χ0v) is 11.6. The lowest BCUT2D eigenvalue weighted by molar-refractivity contribution is 0.136. The summed E-state index contributed by atoms with van der Waals surface area (Å²) < 4.78 is 6.20. The van der Waals surface area contributed by atoms with Crippen molar-refractivity contribution in [2.75, 3.05) is 6.54 Å². The second-order valence-electron chi connectivity index (χ2n) is 6.24. The Morgan fingerprint density at radius 2 is 2.22 bits per heavy atom. The summed E-state index contributed by atoms with van der Waals surface area (Å²) in [5.41, 5.74) is 2.78. The van der Waals surface area contributed by atoms with Crippen LogP contribution in [0.4, 0.5) is 0 Å². The SMILES string of the molecule is CCC1NCCC1c1cccc2c1OC(C)(C)C2. The van der Waals surface area contributed by atoms with E-state index in [0.29, 0.717) is 12.0 Å². The van der Waals surface area contributed by atoms with Crippen molar-refractivity contribution in [1.29, 1.82) is 0 Å². The van der Waals surface area contributed by atoms with E-state index in [1.165, 1.54) is 29.7 Å². The number of nitrogens with one attached hydrogen (secondary N) is 1. The summed E-state index contributed by atoms with van der Waals surface area (Å²) in [6, 6.07) is 7.30. The van der Waals surface area contributed by atoms with Gasteiger partial charge in [-0.05, 0) is 44.4 Å². The molecule has 1 saturated heterocycles. The van der Waals surface area contributed by atoms with E-state index in [1.807, 2.05) is 0 Å². The van der Waals surface area contributed by atoms with Crippen LogP contribution in [0.25, 0.3) is 0 Å². The van der Waals surface area contributed by atoms with E-state index < -0.39 is 0 Å². The summed E-state index contributed by atoms with van der Waals surface area (Å²) in [6.07, 6.45) is 3.46. The average molecular weight is 245 g/mol. The first-order chi connectivity index (χ1) is 8.61. The Bertz CT molecular complexity index is 452. The zero-order valence-electron chi connectivity index (χ0n) is 11.6. The minimum absolute atomic E-state index is 0.0355. The molecule has 2 aliphatic heterocycles. The predicted molar refractivity (Wildman–Crippen MR) is 74.3 cm³/mol. The molecule has 98 valence electrons. The molecule has 2 unspecified atom stereocenters. The summed E-state index contributed by atoms with van der Waals surface area (Å²) in [5.74, 6) is 1.80. The summed E-state index contributed by atoms with van der Waals surface area (Å²) in [4.78, 5) is 0. The molecule has 2 heterocycles. The van der Waals surface area contributed by atoms with Crippen molar-refractivity contribution in [2.45, 2.75) is 57.6 Å². The molecule has 0 spiro atoms. The molecule has 0 bridgehead atoms. The molecule has 0 aliphatic carbocycles. The number of ether oxygens (including phenoxy) is 1. The van der Waals surface area contributed by atoms with Crippen molar-refractivity contribution in [2.24, 2.45) is 0 Å². The highest BCUT2D eigenvalue weighted by Crippen LogP contribution is 2.43. The molecule has 1 N–H and O–H groups in total. The molecule has 0 saturated carbocycles. The van der Waals surface area contributed by atoms with Crippen molar-refractivity contribution in [3.05, 3.63) is 29.3 Å². The van der Waals surface area contributed by atoms with Gasteiger partial charge in [-0.3, -0.25) is 0 Å². The number of benzene rings is 1. The third kappa shape index (κ3) is 1.93. The first-order valence-electron chi connectivity index (χ1n) is 7.15. The third-order valence-corrected chi connectivity index (χ3v) is 4.31. The van der Waals surface area contributed by atoms with Gasteiger partial charge in [0.05, 0.1) is 0 Å². The van der Waals surface area contributed by atoms with Crippen LogP contribution in [-0.2, 0) is 6.42 Å². The zero-order chi connectivity index (χ0) is 12.8. The molecule has 2 heteroatoms. The van der Waals surface area contributed by atoms with Gasteiger partial charge in [0.2, 0.25) is 0 Å². The topological polar surface area (TPSA) is 21.3 Å². The Kier molecular flexibility index (Phi) is 2.86. The average Bonchev–Trinajstić information content (AvgIpc) is 2.89. The van der Waals surface area contributed by atoms with Gasteiger partial charge in [0.15, 0.2) is 0 Å². The molecule has 1 aromatic carbocycles.